The summed E-state index contributed by atoms with van der Waals surface area (Å²) < 4.78 is 5.52. The van der Waals surface area contributed by atoms with Gasteiger partial charge < -0.3 is 4.74 Å². The van der Waals surface area contributed by atoms with E-state index < -0.39 is 0 Å². The number of ether oxygens (including phenoxy) is 1. The van der Waals surface area contributed by atoms with Crippen LogP contribution in [0.1, 0.15) is 27.6 Å². The van der Waals surface area contributed by atoms with Crippen LogP contribution in [0.4, 0.5) is 0 Å². The Hall–Kier alpha value is -1.93. The molecule has 1 heterocycles. The molecule has 0 N–H and O–H groups in total. The van der Waals surface area contributed by atoms with Gasteiger partial charge in [-0.05, 0) is 18.1 Å². The van der Waals surface area contributed by atoms with Crippen molar-refractivity contribution in [2.45, 2.75) is 19.1 Å². The standard InChI is InChI=1S/C16H14O2/c1-11-7-5-6-10-13(11)14(17)16-15(18-16)12-8-3-2-4-9-12/h2-10,15-16H,1H3/t15-,16-/m0/s1. The molecule has 2 aromatic rings. The van der Waals surface area contributed by atoms with Crippen molar-refractivity contribution in [3.05, 3.63) is 71.3 Å². The van der Waals surface area contributed by atoms with Gasteiger partial charge in [0.05, 0.1) is 0 Å². The topological polar surface area (TPSA) is 29.6 Å². The van der Waals surface area contributed by atoms with Crippen LogP contribution in [0.25, 0.3) is 0 Å². The number of Topliss-reactive ketones (excluding diaryl/α,β-unsaturated/α-hetero) is 1. The van der Waals surface area contributed by atoms with E-state index in [0.717, 1.165) is 16.7 Å². The Morgan fingerprint density at radius 3 is 2.39 bits per heavy atom. The molecule has 1 aliphatic heterocycles. The molecule has 0 spiro atoms. The van der Waals surface area contributed by atoms with Gasteiger partial charge in [-0.3, -0.25) is 4.79 Å². The minimum Gasteiger partial charge on any atom is -0.356 e. The summed E-state index contributed by atoms with van der Waals surface area (Å²) in [5.74, 6) is 0.0851. The number of rotatable bonds is 3. The lowest BCUT2D eigenvalue weighted by atomic mass is 9.99. The SMILES string of the molecule is Cc1ccccc1C(=O)[C@@H]1O[C@H]1c1ccccc1. The highest BCUT2D eigenvalue weighted by Crippen LogP contribution is 2.40. The van der Waals surface area contributed by atoms with Gasteiger partial charge in [0.2, 0.25) is 0 Å². The minimum absolute atomic E-state index is 0.0710. The molecule has 2 atom stereocenters. The third-order valence-electron chi connectivity index (χ3n) is 3.29. The molecule has 0 aliphatic carbocycles. The molecule has 3 rings (SSSR count). The first kappa shape index (κ1) is 11.2. The summed E-state index contributed by atoms with van der Waals surface area (Å²) in [5, 5.41) is 0. The van der Waals surface area contributed by atoms with Crippen molar-refractivity contribution in [2.24, 2.45) is 0 Å². The first-order chi connectivity index (χ1) is 8.77. The normalized spacial score (nSPS) is 21.6. The van der Waals surface area contributed by atoms with Gasteiger partial charge in [0, 0.05) is 5.56 Å². The summed E-state index contributed by atoms with van der Waals surface area (Å²) >= 11 is 0. The van der Waals surface area contributed by atoms with Gasteiger partial charge in [-0.25, -0.2) is 0 Å². The van der Waals surface area contributed by atoms with Crippen LogP contribution < -0.4 is 0 Å². The lowest BCUT2D eigenvalue weighted by Gasteiger charge is -2.01. The Bertz CT molecular complexity index is 575. The number of hydrogen-bond acceptors (Lipinski definition) is 2. The molecule has 0 radical (unpaired) electrons. The summed E-state index contributed by atoms with van der Waals surface area (Å²) in [6.07, 6.45) is -0.383. The van der Waals surface area contributed by atoms with Crippen LogP contribution in [-0.2, 0) is 4.74 Å². The summed E-state index contributed by atoms with van der Waals surface area (Å²) in [4.78, 5) is 12.3. The minimum atomic E-state index is -0.312. The number of carbonyl (C=O) groups is 1. The summed E-state index contributed by atoms with van der Waals surface area (Å²) in [7, 11) is 0. The Morgan fingerprint density at radius 2 is 1.67 bits per heavy atom. The number of benzene rings is 2. The van der Waals surface area contributed by atoms with Gasteiger partial charge in [0.15, 0.2) is 11.9 Å². The predicted octanol–water partition coefficient (Wildman–Crippen LogP) is 3.32. The highest BCUT2D eigenvalue weighted by atomic mass is 16.6. The second kappa shape index (κ2) is 4.39. The monoisotopic (exact) mass is 238 g/mol. The van der Waals surface area contributed by atoms with Crippen molar-refractivity contribution in [2.75, 3.05) is 0 Å². The largest absolute Gasteiger partial charge is 0.356 e. The maximum atomic E-state index is 12.3. The molecule has 1 aliphatic rings. The van der Waals surface area contributed by atoms with E-state index in [1.165, 1.54) is 0 Å². The van der Waals surface area contributed by atoms with Crippen LogP contribution in [0.2, 0.25) is 0 Å². The number of ketones is 1. The lowest BCUT2D eigenvalue weighted by molar-refractivity contribution is 0.0953. The molecule has 0 unspecified atom stereocenters. The molecule has 18 heavy (non-hydrogen) atoms. The third kappa shape index (κ3) is 1.95. The van der Waals surface area contributed by atoms with E-state index in [0.29, 0.717) is 0 Å². The quantitative estimate of drug-likeness (QED) is 0.606. The van der Waals surface area contributed by atoms with Gasteiger partial charge in [-0.1, -0.05) is 54.6 Å². The highest BCUT2D eigenvalue weighted by Gasteiger charge is 2.46. The second-order valence-corrected chi connectivity index (χ2v) is 4.57. The van der Waals surface area contributed by atoms with Crippen molar-refractivity contribution in [3.63, 3.8) is 0 Å². The van der Waals surface area contributed by atoms with Gasteiger partial charge >= 0.3 is 0 Å². The van der Waals surface area contributed by atoms with Crippen LogP contribution >= 0.6 is 0 Å². The Kier molecular flexibility index (Phi) is 2.73. The highest BCUT2D eigenvalue weighted by molar-refractivity contribution is 6.02. The zero-order valence-corrected chi connectivity index (χ0v) is 10.2. The van der Waals surface area contributed by atoms with Gasteiger partial charge in [0.1, 0.15) is 6.10 Å². The molecule has 0 bridgehead atoms. The van der Waals surface area contributed by atoms with E-state index in [1.807, 2.05) is 61.5 Å². The van der Waals surface area contributed by atoms with Gasteiger partial charge in [-0.15, -0.1) is 0 Å². The molecule has 90 valence electrons. The summed E-state index contributed by atoms with van der Waals surface area (Å²) in [5.41, 5.74) is 2.84. The van der Waals surface area contributed by atoms with Crippen molar-refractivity contribution in [1.82, 2.24) is 0 Å². The van der Waals surface area contributed by atoms with E-state index >= 15 is 0 Å². The van der Waals surface area contributed by atoms with Crippen molar-refractivity contribution in [1.29, 1.82) is 0 Å². The number of carbonyl (C=O) groups excluding carboxylic acids is 1. The molecule has 0 amide bonds. The third-order valence-corrected chi connectivity index (χ3v) is 3.29. The maximum Gasteiger partial charge on any atom is 0.194 e. The molecule has 1 saturated heterocycles. The van der Waals surface area contributed by atoms with Gasteiger partial charge in [0.25, 0.3) is 0 Å². The molecule has 0 aromatic heterocycles. The van der Waals surface area contributed by atoms with E-state index in [-0.39, 0.29) is 18.0 Å². The number of hydrogen-bond donors (Lipinski definition) is 0. The van der Waals surface area contributed by atoms with E-state index in [2.05, 4.69) is 0 Å². The van der Waals surface area contributed by atoms with Crippen LogP contribution in [0, 0.1) is 6.92 Å². The average Bonchev–Trinajstić information content (AvgIpc) is 3.20. The Labute approximate surface area is 106 Å². The van der Waals surface area contributed by atoms with E-state index in [9.17, 15) is 4.79 Å². The van der Waals surface area contributed by atoms with Crippen molar-refractivity contribution >= 4 is 5.78 Å². The molecular weight excluding hydrogens is 224 g/mol. The van der Waals surface area contributed by atoms with Crippen molar-refractivity contribution in [3.8, 4) is 0 Å². The molecule has 1 fully saturated rings. The lowest BCUT2D eigenvalue weighted by Crippen LogP contribution is -2.09. The molecule has 2 heteroatoms. The smallest absolute Gasteiger partial charge is 0.194 e. The van der Waals surface area contributed by atoms with Crippen molar-refractivity contribution < 1.29 is 9.53 Å². The van der Waals surface area contributed by atoms with Crippen LogP contribution in [-0.4, -0.2) is 11.9 Å². The fourth-order valence-corrected chi connectivity index (χ4v) is 2.21. The fraction of sp³-hybridized carbons (Fsp3) is 0.188. The first-order valence-corrected chi connectivity index (χ1v) is 6.07. The van der Waals surface area contributed by atoms with E-state index in [4.69, 9.17) is 4.74 Å². The average molecular weight is 238 g/mol. The maximum absolute atomic E-state index is 12.3. The Morgan fingerprint density at radius 1 is 1.00 bits per heavy atom. The number of epoxide rings is 1. The molecule has 2 nitrogen and oxygen atoms in total. The zero-order valence-electron chi connectivity index (χ0n) is 10.2. The molecule has 2 aromatic carbocycles. The van der Waals surface area contributed by atoms with Crippen LogP contribution in [0.15, 0.2) is 54.6 Å². The zero-order chi connectivity index (χ0) is 12.5. The van der Waals surface area contributed by atoms with Crippen LogP contribution in [0.5, 0.6) is 0 Å². The second-order valence-electron chi connectivity index (χ2n) is 4.57. The van der Waals surface area contributed by atoms with Gasteiger partial charge in [-0.2, -0.15) is 0 Å². The Balaban J connectivity index is 1.80. The molecule has 0 saturated carbocycles. The number of aryl methyl sites for hydroxylation is 1. The fourth-order valence-electron chi connectivity index (χ4n) is 2.21. The predicted molar refractivity (Wildman–Crippen MR) is 69.6 cm³/mol. The summed E-state index contributed by atoms with van der Waals surface area (Å²) in [6.45, 7) is 1.95. The summed E-state index contributed by atoms with van der Waals surface area (Å²) in [6, 6.07) is 17.5. The first-order valence-electron chi connectivity index (χ1n) is 6.07. The van der Waals surface area contributed by atoms with Crippen LogP contribution in [0.3, 0.4) is 0 Å². The molecular formula is C16H14O2. The van der Waals surface area contributed by atoms with E-state index in [1.54, 1.807) is 0 Å².